The summed E-state index contributed by atoms with van der Waals surface area (Å²) in [5.41, 5.74) is 12.1. The predicted molar refractivity (Wildman–Crippen MR) is 87.3 cm³/mol. The van der Waals surface area contributed by atoms with Crippen molar-refractivity contribution in [3.8, 4) is 0 Å². The van der Waals surface area contributed by atoms with E-state index in [0.717, 1.165) is 11.4 Å². The molecule has 20 heavy (non-hydrogen) atoms. The lowest BCUT2D eigenvalue weighted by Gasteiger charge is -2.38. The summed E-state index contributed by atoms with van der Waals surface area (Å²) in [7, 11) is 0. The van der Waals surface area contributed by atoms with Gasteiger partial charge in [0.05, 0.1) is 0 Å². The highest BCUT2D eigenvalue weighted by Crippen LogP contribution is 2.29. The summed E-state index contributed by atoms with van der Waals surface area (Å²) >= 11 is 1.85. The van der Waals surface area contributed by atoms with Gasteiger partial charge in [0.1, 0.15) is 5.66 Å². The number of rotatable bonds is 4. The Morgan fingerprint density at radius 1 is 1.20 bits per heavy atom. The summed E-state index contributed by atoms with van der Waals surface area (Å²) in [6.07, 6.45) is 1.17. The standard InChI is InChI=1S/C14H21N5S/c1-4-9-20-11-7-5-10(6-8-11)19-13(16)17-12(15)18-14(19,2)3/h5-8H,4,9H2,1-3H3,(H4,15,16,17,18). The van der Waals surface area contributed by atoms with E-state index >= 15 is 0 Å². The maximum atomic E-state index is 6.01. The van der Waals surface area contributed by atoms with Crippen molar-refractivity contribution in [2.45, 2.75) is 37.8 Å². The van der Waals surface area contributed by atoms with Crippen LogP contribution >= 0.6 is 11.8 Å². The number of hydrogen-bond acceptors (Lipinski definition) is 6. The number of guanidine groups is 2. The fourth-order valence-corrected chi connectivity index (χ4v) is 2.93. The highest BCUT2D eigenvalue weighted by atomic mass is 32.2. The van der Waals surface area contributed by atoms with E-state index in [1.54, 1.807) is 0 Å². The van der Waals surface area contributed by atoms with Crippen molar-refractivity contribution < 1.29 is 0 Å². The zero-order chi connectivity index (χ0) is 14.8. The molecule has 0 spiro atoms. The van der Waals surface area contributed by atoms with Crippen LogP contribution in [0.25, 0.3) is 0 Å². The van der Waals surface area contributed by atoms with Crippen molar-refractivity contribution >= 4 is 29.4 Å². The third-order valence-electron chi connectivity index (χ3n) is 2.96. The average molecular weight is 291 g/mol. The second kappa shape index (κ2) is 5.75. The van der Waals surface area contributed by atoms with E-state index in [0.29, 0.717) is 5.96 Å². The average Bonchev–Trinajstić information content (AvgIpc) is 2.35. The van der Waals surface area contributed by atoms with Gasteiger partial charge in [-0.1, -0.05) is 6.92 Å². The van der Waals surface area contributed by atoms with Gasteiger partial charge >= 0.3 is 0 Å². The molecule has 1 aliphatic rings. The van der Waals surface area contributed by atoms with E-state index in [-0.39, 0.29) is 5.96 Å². The first-order valence-corrected chi connectivity index (χ1v) is 7.65. The minimum atomic E-state index is -0.534. The first-order chi connectivity index (χ1) is 9.44. The monoisotopic (exact) mass is 291 g/mol. The van der Waals surface area contributed by atoms with Crippen molar-refractivity contribution in [1.29, 1.82) is 0 Å². The Labute approximate surface area is 124 Å². The second-order valence-electron chi connectivity index (χ2n) is 5.11. The molecule has 0 saturated heterocycles. The minimum absolute atomic E-state index is 0.221. The van der Waals surface area contributed by atoms with Gasteiger partial charge < -0.3 is 11.5 Å². The fourth-order valence-electron chi connectivity index (χ4n) is 2.16. The molecule has 0 fully saturated rings. The molecular weight excluding hydrogens is 270 g/mol. The van der Waals surface area contributed by atoms with Gasteiger partial charge in [-0.05, 0) is 50.3 Å². The lowest BCUT2D eigenvalue weighted by molar-refractivity contribution is 0.534. The molecule has 5 nitrogen and oxygen atoms in total. The summed E-state index contributed by atoms with van der Waals surface area (Å²) < 4.78 is 0. The predicted octanol–water partition coefficient (Wildman–Crippen LogP) is 2.37. The molecular formula is C14H21N5S. The minimum Gasteiger partial charge on any atom is -0.369 e. The molecule has 0 aromatic heterocycles. The van der Waals surface area contributed by atoms with Crippen LogP contribution in [-0.2, 0) is 0 Å². The van der Waals surface area contributed by atoms with Crippen LogP contribution in [0.1, 0.15) is 27.2 Å². The van der Waals surface area contributed by atoms with E-state index in [1.807, 2.05) is 42.6 Å². The Morgan fingerprint density at radius 2 is 1.85 bits per heavy atom. The Balaban J connectivity index is 2.25. The number of aliphatic imine (C=N–C) groups is 2. The molecule has 1 heterocycles. The maximum Gasteiger partial charge on any atom is 0.220 e. The van der Waals surface area contributed by atoms with Crippen LogP contribution in [0.5, 0.6) is 0 Å². The Bertz CT molecular complexity index is 533. The molecule has 0 unspecified atom stereocenters. The van der Waals surface area contributed by atoms with Crippen molar-refractivity contribution in [1.82, 2.24) is 0 Å². The maximum absolute atomic E-state index is 6.01. The molecule has 108 valence electrons. The van der Waals surface area contributed by atoms with Gasteiger partial charge in [0, 0.05) is 10.6 Å². The molecule has 1 aromatic rings. The van der Waals surface area contributed by atoms with Gasteiger partial charge in [0.25, 0.3) is 0 Å². The Hall–Kier alpha value is -1.69. The van der Waals surface area contributed by atoms with E-state index in [1.165, 1.54) is 11.3 Å². The zero-order valence-corrected chi connectivity index (χ0v) is 12.9. The SMILES string of the molecule is CCCSc1ccc(N2C(N)=NC(N)=NC2(C)C)cc1. The quantitative estimate of drug-likeness (QED) is 0.835. The van der Waals surface area contributed by atoms with Gasteiger partial charge in [-0.15, -0.1) is 11.8 Å². The molecule has 2 rings (SSSR count). The second-order valence-corrected chi connectivity index (χ2v) is 6.28. The van der Waals surface area contributed by atoms with Crippen molar-refractivity contribution in [2.75, 3.05) is 10.7 Å². The number of benzene rings is 1. The topological polar surface area (TPSA) is 80.0 Å². The normalized spacial score (nSPS) is 17.6. The molecule has 1 aliphatic heterocycles. The Morgan fingerprint density at radius 3 is 2.40 bits per heavy atom. The lowest BCUT2D eigenvalue weighted by atomic mass is 10.1. The van der Waals surface area contributed by atoms with Crippen LogP contribution in [0.3, 0.4) is 0 Å². The molecule has 1 aromatic carbocycles. The van der Waals surface area contributed by atoms with Crippen LogP contribution in [0.15, 0.2) is 39.1 Å². The number of nitrogens with zero attached hydrogens (tertiary/aromatic N) is 3. The van der Waals surface area contributed by atoms with Crippen molar-refractivity contribution in [3.63, 3.8) is 0 Å². The van der Waals surface area contributed by atoms with Crippen LogP contribution in [0, 0.1) is 0 Å². The van der Waals surface area contributed by atoms with E-state index in [9.17, 15) is 0 Å². The molecule has 0 saturated carbocycles. The van der Waals surface area contributed by atoms with Gasteiger partial charge in [-0.3, -0.25) is 4.90 Å². The van der Waals surface area contributed by atoms with Gasteiger partial charge in [-0.2, -0.15) is 4.99 Å². The lowest BCUT2D eigenvalue weighted by Crippen LogP contribution is -2.54. The highest BCUT2D eigenvalue weighted by molar-refractivity contribution is 7.99. The van der Waals surface area contributed by atoms with Crippen LogP contribution in [0.2, 0.25) is 0 Å². The number of hydrogen-bond donors (Lipinski definition) is 2. The molecule has 0 radical (unpaired) electrons. The summed E-state index contributed by atoms with van der Waals surface area (Å²) in [6.45, 7) is 6.10. The molecule has 0 aliphatic carbocycles. The third kappa shape index (κ3) is 3.07. The van der Waals surface area contributed by atoms with Gasteiger partial charge in [0.2, 0.25) is 11.9 Å². The highest BCUT2D eigenvalue weighted by Gasteiger charge is 2.32. The van der Waals surface area contributed by atoms with E-state index in [2.05, 4.69) is 29.0 Å². The summed E-state index contributed by atoms with van der Waals surface area (Å²) in [6, 6.07) is 8.28. The third-order valence-corrected chi connectivity index (χ3v) is 4.18. The van der Waals surface area contributed by atoms with E-state index < -0.39 is 5.66 Å². The smallest absolute Gasteiger partial charge is 0.220 e. The fraction of sp³-hybridized carbons (Fsp3) is 0.429. The molecule has 0 atom stereocenters. The molecule has 0 amide bonds. The largest absolute Gasteiger partial charge is 0.369 e. The molecule has 6 heteroatoms. The summed E-state index contributed by atoms with van der Waals surface area (Å²) in [4.78, 5) is 11.5. The van der Waals surface area contributed by atoms with Crippen molar-refractivity contribution in [2.24, 2.45) is 21.5 Å². The first-order valence-electron chi connectivity index (χ1n) is 6.66. The zero-order valence-electron chi connectivity index (χ0n) is 12.1. The molecule has 4 N–H and O–H groups in total. The van der Waals surface area contributed by atoms with Crippen LogP contribution < -0.4 is 16.4 Å². The van der Waals surface area contributed by atoms with E-state index in [4.69, 9.17) is 11.5 Å². The number of thioether (sulfide) groups is 1. The number of anilines is 1. The summed E-state index contributed by atoms with van der Waals surface area (Å²) in [5.74, 6) is 1.72. The van der Waals surface area contributed by atoms with Crippen molar-refractivity contribution in [3.05, 3.63) is 24.3 Å². The number of nitrogens with two attached hydrogens (primary N) is 2. The Kier molecular flexibility index (Phi) is 4.23. The van der Waals surface area contributed by atoms with Crippen LogP contribution in [0.4, 0.5) is 5.69 Å². The first kappa shape index (κ1) is 14.7. The van der Waals surface area contributed by atoms with Gasteiger partial charge in [-0.25, -0.2) is 4.99 Å². The molecule has 0 bridgehead atoms. The van der Waals surface area contributed by atoms with Gasteiger partial charge in [0.15, 0.2) is 0 Å². The summed E-state index contributed by atoms with van der Waals surface area (Å²) in [5, 5.41) is 0. The van der Waals surface area contributed by atoms with Crippen LogP contribution in [-0.4, -0.2) is 23.3 Å².